The highest BCUT2D eigenvalue weighted by atomic mass is 16.1. The smallest absolute Gasteiger partial charge is 0.132 e. The lowest BCUT2D eigenvalue weighted by atomic mass is 10.1. The molecule has 21 heavy (non-hydrogen) atoms. The molecule has 0 aromatic carbocycles. The zero-order chi connectivity index (χ0) is 16.2. The molecule has 0 saturated heterocycles. The van der Waals surface area contributed by atoms with Gasteiger partial charge >= 0.3 is 0 Å². The molecule has 0 atom stereocenters. The molecule has 0 rings (SSSR count). The van der Waals surface area contributed by atoms with Gasteiger partial charge in [-0.05, 0) is 25.7 Å². The molecule has 1 nitrogen and oxygen atoms in total. The molecule has 0 amide bonds. The second kappa shape index (κ2) is 21.7. The van der Waals surface area contributed by atoms with Crippen molar-refractivity contribution >= 4 is 5.78 Å². The lowest BCUT2D eigenvalue weighted by Gasteiger charge is -1.97. The van der Waals surface area contributed by atoms with Gasteiger partial charge < -0.3 is 0 Å². The molecule has 0 aromatic heterocycles. The van der Waals surface area contributed by atoms with E-state index in [2.05, 4.69) is 32.9 Å². The van der Waals surface area contributed by atoms with E-state index in [0.717, 1.165) is 12.8 Å². The van der Waals surface area contributed by atoms with Gasteiger partial charge in [-0.25, -0.2) is 0 Å². The first-order valence-corrected chi connectivity index (χ1v) is 9.39. The van der Waals surface area contributed by atoms with Gasteiger partial charge in [-0.1, -0.05) is 84.8 Å². The quantitative estimate of drug-likeness (QED) is 0.258. The van der Waals surface area contributed by atoms with Gasteiger partial charge in [0.1, 0.15) is 5.78 Å². The van der Waals surface area contributed by atoms with Gasteiger partial charge in [0.25, 0.3) is 0 Å². The molecular formula is C20H40O. The molecule has 0 aliphatic carbocycles. The summed E-state index contributed by atoms with van der Waals surface area (Å²) in [4.78, 5) is 10.8. The Bertz CT molecular complexity index is 218. The average Bonchev–Trinajstić information content (AvgIpc) is 2.51. The van der Waals surface area contributed by atoms with Crippen molar-refractivity contribution in [1.29, 1.82) is 0 Å². The largest absolute Gasteiger partial charge is 0.300 e. The normalized spacial score (nSPS) is 10.5. The van der Waals surface area contributed by atoms with Gasteiger partial charge in [0.2, 0.25) is 0 Å². The standard InChI is InChI=1S/C10H20O.C10H20/c1-3-5-6-7-8-9-10(11)4-2;1-3-5-7-9-10-8-6-4-2/h3-9H2,1-2H3;7,9H,3-6,8,10H2,1-2H3/b;9-7-. The number of unbranched alkanes of at least 4 members (excludes halogenated alkanes) is 8. The minimum absolute atomic E-state index is 0.418. The number of allylic oxidation sites excluding steroid dienone is 2. The van der Waals surface area contributed by atoms with Crippen molar-refractivity contribution in [2.24, 2.45) is 0 Å². The molecular weight excluding hydrogens is 256 g/mol. The van der Waals surface area contributed by atoms with Gasteiger partial charge in [0, 0.05) is 12.8 Å². The van der Waals surface area contributed by atoms with Crippen molar-refractivity contribution in [3.05, 3.63) is 12.2 Å². The van der Waals surface area contributed by atoms with Crippen LogP contribution in [0.5, 0.6) is 0 Å². The van der Waals surface area contributed by atoms with Crippen molar-refractivity contribution < 1.29 is 4.79 Å². The maximum Gasteiger partial charge on any atom is 0.132 e. The lowest BCUT2D eigenvalue weighted by Crippen LogP contribution is -1.93. The van der Waals surface area contributed by atoms with Crippen LogP contribution in [0.2, 0.25) is 0 Å². The van der Waals surface area contributed by atoms with E-state index in [0.29, 0.717) is 12.2 Å². The summed E-state index contributed by atoms with van der Waals surface area (Å²) in [6.45, 7) is 8.61. The zero-order valence-electron chi connectivity index (χ0n) is 15.3. The average molecular weight is 297 g/mol. The van der Waals surface area contributed by atoms with Crippen LogP contribution in [0, 0.1) is 0 Å². The summed E-state index contributed by atoms with van der Waals surface area (Å²) >= 11 is 0. The van der Waals surface area contributed by atoms with Crippen LogP contribution in [-0.2, 0) is 4.79 Å². The fourth-order valence-corrected chi connectivity index (χ4v) is 2.02. The van der Waals surface area contributed by atoms with Crippen LogP contribution in [0.1, 0.15) is 111 Å². The third-order valence-corrected chi connectivity index (χ3v) is 3.55. The third kappa shape index (κ3) is 24.8. The fraction of sp³-hybridized carbons (Fsp3) is 0.850. The Morgan fingerprint density at radius 2 is 1.24 bits per heavy atom. The predicted octanol–water partition coefficient (Wildman–Crippen LogP) is 7.25. The Morgan fingerprint density at radius 3 is 1.81 bits per heavy atom. The van der Waals surface area contributed by atoms with E-state index in [1.54, 1.807) is 0 Å². The van der Waals surface area contributed by atoms with Crippen molar-refractivity contribution in [2.75, 3.05) is 0 Å². The van der Waals surface area contributed by atoms with E-state index in [4.69, 9.17) is 0 Å². The highest BCUT2D eigenvalue weighted by Crippen LogP contribution is 2.05. The van der Waals surface area contributed by atoms with Crippen molar-refractivity contribution in [2.45, 2.75) is 111 Å². The lowest BCUT2D eigenvalue weighted by molar-refractivity contribution is -0.118. The summed E-state index contributed by atoms with van der Waals surface area (Å²) in [5.74, 6) is 0.418. The van der Waals surface area contributed by atoms with Crippen LogP contribution in [0.15, 0.2) is 12.2 Å². The van der Waals surface area contributed by atoms with Gasteiger partial charge in [0.15, 0.2) is 0 Å². The third-order valence-electron chi connectivity index (χ3n) is 3.55. The molecule has 0 heterocycles. The predicted molar refractivity (Wildman–Crippen MR) is 96.9 cm³/mol. The maximum atomic E-state index is 10.8. The molecule has 0 N–H and O–H groups in total. The van der Waals surface area contributed by atoms with E-state index in [1.165, 1.54) is 64.2 Å². The highest BCUT2D eigenvalue weighted by Gasteiger charge is 1.96. The van der Waals surface area contributed by atoms with Crippen LogP contribution in [0.3, 0.4) is 0 Å². The number of ketones is 1. The summed E-state index contributed by atoms with van der Waals surface area (Å²) in [5.41, 5.74) is 0. The Hall–Kier alpha value is -0.590. The summed E-state index contributed by atoms with van der Waals surface area (Å²) in [6, 6.07) is 0. The van der Waals surface area contributed by atoms with E-state index >= 15 is 0 Å². The topological polar surface area (TPSA) is 17.1 Å². The van der Waals surface area contributed by atoms with E-state index in [-0.39, 0.29) is 0 Å². The van der Waals surface area contributed by atoms with E-state index in [1.807, 2.05) is 6.92 Å². The number of carbonyl (C=O) groups excluding carboxylic acids is 1. The number of hydrogen-bond donors (Lipinski definition) is 0. The first-order valence-electron chi connectivity index (χ1n) is 9.39. The second-order valence-corrected chi connectivity index (χ2v) is 5.81. The Morgan fingerprint density at radius 1 is 0.667 bits per heavy atom. The summed E-state index contributed by atoms with van der Waals surface area (Å²) < 4.78 is 0. The molecule has 0 aliphatic heterocycles. The monoisotopic (exact) mass is 296 g/mol. The van der Waals surface area contributed by atoms with Crippen molar-refractivity contribution in [3.8, 4) is 0 Å². The minimum Gasteiger partial charge on any atom is -0.300 e. The summed E-state index contributed by atoms with van der Waals surface area (Å²) in [6.07, 6.45) is 20.3. The Kier molecular flexibility index (Phi) is 23.4. The van der Waals surface area contributed by atoms with Crippen LogP contribution in [0.4, 0.5) is 0 Å². The maximum absolute atomic E-state index is 10.8. The van der Waals surface area contributed by atoms with Crippen LogP contribution < -0.4 is 0 Å². The van der Waals surface area contributed by atoms with Gasteiger partial charge in [-0.15, -0.1) is 0 Å². The molecule has 0 saturated carbocycles. The molecule has 0 aromatic rings. The molecule has 0 radical (unpaired) electrons. The van der Waals surface area contributed by atoms with E-state index < -0.39 is 0 Å². The molecule has 0 fully saturated rings. The molecule has 0 aliphatic rings. The van der Waals surface area contributed by atoms with Crippen LogP contribution >= 0.6 is 0 Å². The first kappa shape index (κ1) is 22.7. The molecule has 1 heteroatoms. The SMILES string of the molecule is CCC/C=C\CCCCC.CCCCCCCC(=O)CC. The number of hydrogen-bond acceptors (Lipinski definition) is 1. The first-order chi connectivity index (χ1) is 10.2. The Labute approximate surface area is 134 Å². The van der Waals surface area contributed by atoms with Crippen molar-refractivity contribution in [3.63, 3.8) is 0 Å². The van der Waals surface area contributed by atoms with Gasteiger partial charge in [0.05, 0.1) is 0 Å². The van der Waals surface area contributed by atoms with Gasteiger partial charge in [-0.3, -0.25) is 4.79 Å². The van der Waals surface area contributed by atoms with Crippen LogP contribution in [-0.4, -0.2) is 5.78 Å². The second-order valence-electron chi connectivity index (χ2n) is 5.81. The summed E-state index contributed by atoms with van der Waals surface area (Å²) in [7, 11) is 0. The highest BCUT2D eigenvalue weighted by molar-refractivity contribution is 5.77. The molecule has 0 bridgehead atoms. The minimum atomic E-state index is 0.418. The Balaban J connectivity index is 0. The van der Waals surface area contributed by atoms with E-state index in [9.17, 15) is 4.79 Å². The fourth-order valence-electron chi connectivity index (χ4n) is 2.02. The molecule has 0 unspecified atom stereocenters. The van der Waals surface area contributed by atoms with Crippen molar-refractivity contribution in [1.82, 2.24) is 0 Å². The number of Topliss-reactive ketones (excluding diaryl/α,β-unsaturated/α-hetero) is 1. The molecule has 126 valence electrons. The van der Waals surface area contributed by atoms with Crippen LogP contribution in [0.25, 0.3) is 0 Å². The zero-order valence-corrected chi connectivity index (χ0v) is 15.3. The van der Waals surface area contributed by atoms with Gasteiger partial charge in [-0.2, -0.15) is 0 Å². The molecule has 0 spiro atoms. The summed E-state index contributed by atoms with van der Waals surface area (Å²) in [5, 5.41) is 0. The number of carbonyl (C=O) groups is 1. The number of rotatable bonds is 13.